The van der Waals surface area contributed by atoms with Crippen LogP contribution in [0.5, 0.6) is 0 Å². The van der Waals surface area contributed by atoms with Gasteiger partial charge in [-0.1, -0.05) is 11.6 Å². The largest absolute Gasteiger partial charge is 0.395 e. The Hall–Kier alpha value is -0.710. The normalized spacial score (nSPS) is 24.1. The average Bonchev–Trinajstić information content (AvgIpc) is 3.28. The molecule has 2 N–H and O–H groups in total. The standard InChI is InChI=1S/C14H20ClN3O/c15-12-7-17-13(18-8-12)14(9-19,10-1-2-10)11-3-5-16-6-4-11/h7-8,10-11,16,19H,1-6,9H2. The van der Waals surface area contributed by atoms with Crippen molar-refractivity contribution in [2.24, 2.45) is 11.8 Å². The van der Waals surface area contributed by atoms with E-state index in [1.807, 2.05) is 0 Å². The summed E-state index contributed by atoms with van der Waals surface area (Å²) in [5.41, 5.74) is -0.257. The predicted octanol–water partition coefficient (Wildman–Crippen LogP) is 1.77. The molecule has 1 saturated heterocycles. The van der Waals surface area contributed by atoms with E-state index in [2.05, 4.69) is 15.3 Å². The van der Waals surface area contributed by atoms with E-state index >= 15 is 0 Å². The third-order valence-corrected chi connectivity index (χ3v) is 4.87. The highest BCUT2D eigenvalue weighted by Gasteiger charge is 2.53. The van der Waals surface area contributed by atoms with E-state index in [4.69, 9.17) is 11.6 Å². The van der Waals surface area contributed by atoms with E-state index in [1.165, 1.54) is 12.8 Å². The van der Waals surface area contributed by atoms with Gasteiger partial charge in [-0.2, -0.15) is 0 Å². The van der Waals surface area contributed by atoms with Crippen molar-refractivity contribution in [3.63, 3.8) is 0 Å². The van der Waals surface area contributed by atoms with Crippen LogP contribution in [0.3, 0.4) is 0 Å². The molecular formula is C14H20ClN3O. The third-order valence-electron chi connectivity index (χ3n) is 4.67. The zero-order valence-corrected chi connectivity index (χ0v) is 11.7. The second kappa shape index (κ2) is 5.35. The van der Waals surface area contributed by atoms with Crippen molar-refractivity contribution in [3.05, 3.63) is 23.2 Å². The van der Waals surface area contributed by atoms with Gasteiger partial charge in [-0.25, -0.2) is 9.97 Å². The number of aromatic nitrogens is 2. The zero-order valence-electron chi connectivity index (χ0n) is 11.0. The van der Waals surface area contributed by atoms with Gasteiger partial charge in [0.1, 0.15) is 5.82 Å². The van der Waals surface area contributed by atoms with Crippen LogP contribution in [-0.4, -0.2) is 34.8 Å². The number of nitrogens with zero attached hydrogens (tertiary/aromatic N) is 2. The van der Waals surface area contributed by atoms with Crippen molar-refractivity contribution < 1.29 is 5.11 Å². The highest BCUT2D eigenvalue weighted by Crippen LogP contribution is 2.52. The van der Waals surface area contributed by atoms with Crippen LogP contribution in [0.15, 0.2) is 12.4 Å². The fourth-order valence-corrected chi connectivity index (χ4v) is 3.61. The first-order valence-electron chi connectivity index (χ1n) is 7.07. The van der Waals surface area contributed by atoms with Gasteiger partial charge in [0, 0.05) is 12.4 Å². The number of halogens is 1. The molecule has 1 aliphatic heterocycles. The number of aliphatic hydroxyl groups excluding tert-OH is 1. The summed E-state index contributed by atoms with van der Waals surface area (Å²) in [6.07, 6.45) is 7.83. The van der Waals surface area contributed by atoms with Crippen LogP contribution in [-0.2, 0) is 5.41 Å². The van der Waals surface area contributed by atoms with Gasteiger partial charge in [0.2, 0.25) is 0 Å². The minimum absolute atomic E-state index is 0.143. The number of piperidine rings is 1. The lowest BCUT2D eigenvalue weighted by atomic mass is 9.67. The Bertz CT molecular complexity index is 429. The molecule has 2 fully saturated rings. The molecule has 2 heterocycles. The Morgan fingerprint density at radius 1 is 1.16 bits per heavy atom. The lowest BCUT2D eigenvalue weighted by Crippen LogP contribution is -2.47. The molecule has 1 aliphatic carbocycles. The molecule has 5 heteroatoms. The van der Waals surface area contributed by atoms with Crippen LogP contribution in [0.1, 0.15) is 31.5 Å². The minimum Gasteiger partial charge on any atom is -0.395 e. The van der Waals surface area contributed by atoms with Gasteiger partial charge in [0.25, 0.3) is 0 Å². The zero-order chi connectivity index (χ0) is 13.3. The highest BCUT2D eigenvalue weighted by atomic mass is 35.5. The Balaban J connectivity index is 1.97. The lowest BCUT2D eigenvalue weighted by Gasteiger charge is -2.40. The van der Waals surface area contributed by atoms with Gasteiger partial charge in [-0.05, 0) is 50.6 Å². The lowest BCUT2D eigenvalue weighted by molar-refractivity contribution is 0.0860. The molecule has 0 bridgehead atoms. The minimum atomic E-state index is -0.257. The van der Waals surface area contributed by atoms with Gasteiger partial charge in [-0.3, -0.25) is 0 Å². The van der Waals surface area contributed by atoms with Gasteiger partial charge in [0.15, 0.2) is 0 Å². The summed E-state index contributed by atoms with van der Waals surface area (Å²) in [5, 5.41) is 14.1. The molecule has 19 heavy (non-hydrogen) atoms. The smallest absolute Gasteiger partial charge is 0.137 e. The van der Waals surface area contributed by atoms with E-state index in [0.29, 0.717) is 16.9 Å². The van der Waals surface area contributed by atoms with Crippen LogP contribution in [0.25, 0.3) is 0 Å². The second-order valence-corrected chi connectivity index (χ2v) is 6.16. The number of hydrogen-bond donors (Lipinski definition) is 2. The third kappa shape index (κ3) is 2.37. The molecule has 0 radical (unpaired) electrons. The molecule has 4 nitrogen and oxygen atoms in total. The van der Waals surface area contributed by atoms with E-state index in [1.54, 1.807) is 12.4 Å². The van der Waals surface area contributed by atoms with Gasteiger partial charge in [0.05, 0.1) is 17.0 Å². The highest BCUT2D eigenvalue weighted by molar-refractivity contribution is 6.30. The van der Waals surface area contributed by atoms with Gasteiger partial charge < -0.3 is 10.4 Å². The van der Waals surface area contributed by atoms with Crippen molar-refractivity contribution in [1.29, 1.82) is 0 Å². The number of aliphatic hydroxyl groups is 1. The molecule has 2 aliphatic rings. The molecule has 1 aromatic heterocycles. The van der Waals surface area contributed by atoms with Crippen molar-refractivity contribution >= 4 is 11.6 Å². The Kier molecular flexibility index (Phi) is 3.74. The Morgan fingerprint density at radius 3 is 2.26 bits per heavy atom. The van der Waals surface area contributed by atoms with E-state index < -0.39 is 0 Å². The summed E-state index contributed by atoms with van der Waals surface area (Å²) in [6.45, 7) is 2.18. The molecule has 1 unspecified atom stereocenters. The average molecular weight is 282 g/mol. The Labute approximate surface area is 118 Å². The summed E-state index contributed by atoms with van der Waals surface area (Å²) < 4.78 is 0. The number of rotatable bonds is 4. The maximum Gasteiger partial charge on any atom is 0.137 e. The summed E-state index contributed by atoms with van der Waals surface area (Å²) in [4.78, 5) is 8.87. The molecule has 1 saturated carbocycles. The fraction of sp³-hybridized carbons (Fsp3) is 0.714. The molecule has 0 spiro atoms. The van der Waals surface area contributed by atoms with E-state index in [0.717, 1.165) is 31.8 Å². The van der Waals surface area contributed by atoms with Crippen molar-refractivity contribution in [3.8, 4) is 0 Å². The van der Waals surface area contributed by atoms with Crippen molar-refractivity contribution in [2.45, 2.75) is 31.1 Å². The molecule has 0 amide bonds. The quantitative estimate of drug-likeness (QED) is 0.883. The maximum atomic E-state index is 10.1. The van der Waals surface area contributed by atoms with Crippen LogP contribution >= 0.6 is 11.6 Å². The molecule has 1 atom stereocenters. The summed E-state index contributed by atoms with van der Waals surface area (Å²) in [7, 11) is 0. The summed E-state index contributed by atoms with van der Waals surface area (Å²) >= 11 is 5.89. The van der Waals surface area contributed by atoms with Crippen molar-refractivity contribution in [2.75, 3.05) is 19.7 Å². The fourth-order valence-electron chi connectivity index (χ4n) is 3.52. The first-order valence-corrected chi connectivity index (χ1v) is 7.45. The monoisotopic (exact) mass is 281 g/mol. The van der Waals surface area contributed by atoms with Gasteiger partial charge in [-0.15, -0.1) is 0 Å². The molecular weight excluding hydrogens is 262 g/mol. The SMILES string of the molecule is OCC(c1ncc(Cl)cn1)(C1CCNCC1)C1CC1. The molecule has 1 aromatic rings. The number of hydrogen-bond acceptors (Lipinski definition) is 4. The van der Waals surface area contributed by atoms with Crippen LogP contribution in [0, 0.1) is 11.8 Å². The summed E-state index contributed by atoms with van der Waals surface area (Å²) in [6, 6.07) is 0. The molecule has 104 valence electrons. The predicted molar refractivity (Wildman–Crippen MR) is 74.1 cm³/mol. The number of nitrogens with one attached hydrogen (secondary N) is 1. The first-order chi connectivity index (χ1) is 9.27. The van der Waals surface area contributed by atoms with Crippen LogP contribution in [0.4, 0.5) is 0 Å². The van der Waals surface area contributed by atoms with Crippen LogP contribution in [0.2, 0.25) is 5.02 Å². The first kappa shape index (κ1) is 13.3. The van der Waals surface area contributed by atoms with Gasteiger partial charge >= 0.3 is 0 Å². The molecule has 0 aromatic carbocycles. The topological polar surface area (TPSA) is 58.0 Å². The van der Waals surface area contributed by atoms with Crippen LogP contribution < -0.4 is 5.32 Å². The maximum absolute atomic E-state index is 10.1. The molecule has 3 rings (SSSR count). The van der Waals surface area contributed by atoms with E-state index in [-0.39, 0.29) is 12.0 Å². The van der Waals surface area contributed by atoms with E-state index in [9.17, 15) is 5.11 Å². The Morgan fingerprint density at radius 2 is 1.74 bits per heavy atom. The second-order valence-electron chi connectivity index (χ2n) is 5.72. The van der Waals surface area contributed by atoms with Crippen molar-refractivity contribution in [1.82, 2.24) is 15.3 Å². The summed E-state index contributed by atoms with van der Waals surface area (Å²) in [5.74, 6) is 1.78.